The van der Waals surface area contributed by atoms with E-state index in [-0.39, 0.29) is 0 Å². The lowest BCUT2D eigenvalue weighted by Crippen LogP contribution is -1.98. The molecule has 0 aromatic heterocycles. The summed E-state index contributed by atoms with van der Waals surface area (Å²) in [4.78, 5) is 0. The van der Waals surface area contributed by atoms with E-state index in [2.05, 4.69) is 6.07 Å². The smallest absolute Gasteiger partial charge is 0.138 e. The number of rotatable bonds is 4. The van der Waals surface area contributed by atoms with Crippen molar-refractivity contribution >= 4 is 11.6 Å². The Hall–Kier alpha value is -2.18. The van der Waals surface area contributed by atoms with Crippen molar-refractivity contribution in [3.63, 3.8) is 0 Å². The maximum Gasteiger partial charge on any atom is 0.138 e. The second-order valence-corrected chi connectivity index (χ2v) is 4.78. The molecular formula is C16H14ClNO2. The van der Waals surface area contributed by atoms with Gasteiger partial charge in [-0.25, -0.2) is 0 Å². The summed E-state index contributed by atoms with van der Waals surface area (Å²) in [5.74, 6) is 1.18. The van der Waals surface area contributed by atoms with Crippen molar-refractivity contribution in [1.29, 1.82) is 5.26 Å². The Kier molecular flexibility index (Phi) is 4.49. The third-order valence-corrected chi connectivity index (χ3v) is 3.16. The van der Waals surface area contributed by atoms with E-state index in [1.807, 2.05) is 31.2 Å². The predicted octanol–water partition coefficient (Wildman–Crippen LogP) is 4.11. The molecule has 2 aromatic carbocycles. The van der Waals surface area contributed by atoms with Gasteiger partial charge in [-0.3, -0.25) is 0 Å². The SMILES string of the molecule is COc1cc(COc2ccc(C)cc2Cl)ccc1C#N. The van der Waals surface area contributed by atoms with Crippen LogP contribution in [0.1, 0.15) is 16.7 Å². The zero-order valence-corrected chi connectivity index (χ0v) is 12.1. The third kappa shape index (κ3) is 3.23. The summed E-state index contributed by atoms with van der Waals surface area (Å²) < 4.78 is 10.8. The van der Waals surface area contributed by atoms with E-state index in [0.29, 0.717) is 28.7 Å². The molecule has 3 nitrogen and oxygen atoms in total. The first-order chi connectivity index (χ1) is 9.63. The minimum atomic E-state index is 0.366. The quantitative estimate of drug-likeness (QED) is 0.850. The Morgan fingerprint density at radius 1 is 1.15 bits per heavy atom. The molecule has 20 heavy (non-hydrogen) atoms. The summed E-state index contributed by atoms with van der Waals surface area (Å²) in [6.45, 7) is 2.34. The second-order valence-electron chi connectivity index (χ2n) is 4.37. The molecule has 0 atom stereocenters. The van der Waals surface area contributed by atoms with Crippen molar-refractivity contribution in [3.05, 3.63) is 58.1 Å². The van der Waals surface area contributed by atoms with Crippen LogP contribution in [-0.2, 0) is 6.61 Å². The number of halogens is 1. The maximum atomic E-state index is 8.93. The van der Waals surface area contributed by atoms with Crippen molar-refractivity contribution in [1.82, 2.24) is 0 Å². The molecule has 0 saturated heterocycles. The Morgan fingerprint density at radius 3 is 2.60 bits per heavy atom. The molecule has 0 bridgehead atoms. The normalized spacial score (nSPS) is 9.90. The molecule has 0 spiro atoms. The first kappa shape index (κ1) is 14.2. The molecule has 0 aliphatic heterocycles. The van der Waals surface area contributed by atoms with Crippen molar-refractivity contribution in [2.75, 3.05) is 7.11 Å². The molecule has 2 rings (SSSR count). The molecule has 0 radical (unpaired) electrons. The standard InChI is InChI=1S/C16H14ClNO2/c1-11-3-6-15(14(17)7-11)20-10-12-4-5-13(9-18)16(8-12)19-2/h3-8H,10H2,1-2H3. The van der Waals surface area contributed by atoms with Crippen molar-refractivity contribution in [3.8, 4) is 17.6 Å². The summed E-state index contributed by atoms with van der Waals surface area (Å²) in [5, 5.41) is 9.52. The molecule has 102 valence electrons. The van der Waals surface area contributed by atoms with Gasteiger partial charge in [-0.15, -0.1) is 0 Å². The molecule has 0 unspecified atom stereocenters. The molecule has 0 saturated carbocycles. The first-order valence-electron chi connectivity index (χ1n) is 6.10. The van der Waals surface area contributed by atoms with Crippen molar-refractivity contribution in [2.24, 2.45) is 0 Å². The molecular weight excluding hydrogens is 274 g/mol. The van der Waals surface area contributed by atoms with Gasteiger partial charge < -0.3 is 9.47 Å². The van der Waals surface area contributed by atoms with Gasteiger partial charge in [0.2, 0.25) is 0 Å². The van der Waals surface area contributed by atoms with E-state index in [4.69, 9.17) is 26.3 Å². The van der Waals surface area contributed by atoms with Crippen molar-refractivity contribution in [2.45, 2.75) is 13.5 Å². The molecule has 4 heteroatoms. The van der Waals surface area contributed by atoms with Gasteiger partial charge in [-0.2, -0.15) is 5.26 Å². The van der Waals surface area contributed by atoms with E-state index in [1.165, 1.54) is 7.11 Å². The van der Waals surface area contributed by atoms with E-state index in [0.717, 1.165) is 11.1 Å². The number of aryl methyl sites for hydroxylation is 1. The van der Waals surface area contributed by atoms with Crippen LogP contribution in [0.5, 0.6) is 11.5 Å². The molecule has 0 aliphatic rings. The average Bonchev–Trinajstić information content (AvgIpc) is 2.46. The summed E-state index contributed by atoms with van der Waals surface area (Å²) in [7, 11) is 1.54. The van der Waals surface area contributed by atoms with Gasteiger partial charge >= 0.3 is 0 Å². The Morgan fingerprint density at radius 2 is 1.95 bits per heavy atom. The molecule has 0 aliphatic carbocycles. The Bertz CT molecular complexity index is 662. The predicted molar refractivity (Wildman–Crippen MR) is 78.2 cm³/mol. The number of methoxy groups -OCH3 is 1. The van der Waals surface area contributed by atoms with Crippen LogP contribution >= 0.6 is 11.6 Å². The first-order valence-corrected chi connectivity index (χ1v) is 6.48. The van der Waals surface area contributed by atoms with Crippen LogP contribution in [0, 0.1) is 18.3 Å². The van der Waals surface area contributed by atoms with Gasteiger partial charge in [-0.05, 0) is 42.3 Å². The van der Waals surface area contributed by atoms with Gasteiger partial charge in [0, 0.05) is 0 Å². The van der Waals surface area contributed by atoms with Crippen LogP contribution in [0.3, 0.4) is 0 Å². The van der Waals surface area contributed by atoms with Gasteiger partial charge in [0.15, 0.2) is 0 Å². The number of hydrogen-bond acceptors (Lipinski definition) is 3. The highest BCUT2D eigenvalue weighted by molar-refractivity contribution is 6.32. The zero-order valence-electron chi connectivity index (χ0n) is 11.3. The van der Waals surface area contributed by atoms with Gasteiger partial charge in [-0.1, -0.05) is 23.7 Å². The fourth-order valence-electron chi connectivity index (χ4n) is 1.80. The minimum Gasteiger partial charge on any atom is -0.495 e. The van der Waals surface area contributed by atoms with Gasteiger partial charge in [0.05, 0.1) is 17.7 Å². The molecule has 0 N–H and O–H groups in total. The van der Waals surface area contributed by atoms with Crippen molar-refractivity contribution < 1.29 is 9.47 Å². The average molecular weight is 288 g/mol. The van der Waals surface area contributed by atoms with Crippen LogP contribution in [0.25, 0.3) is 0 Å². The lowest BCUT2D eigenvalue weighted by molar-refractivity contribution is 0.305. The van der Waals surface area contributed by atoms with Crippen LogP contribution in [0.4, 0.5) is 0 Å². The fourth-order valence-corrected chi connectivity index (χ4v) is 2.09. The van der Waals surface area contributed by atoms with Gasteiger partial charge in [0.25, 0.3) is 0 Å². The highest BCUT2D eigenvalue weighted by Gasteiger charge is 2.06. The van der Waals surface area contributed by atoms with E-state index in [9.17, 15) is 0 Å². The topological polar surface area (TPSA) is 42.2 Å². The lowest BCUT2D eigenvalue weighted by Gasteiger charge is -2.10. The van der Waals surface area contributed by atoms with Crippen LogP contribution in [0.15, 0.2) is 36.4 Å². The number of nitrogens with zero attached hydrogens (tertiary/aromatic N) is 1. The summed E-state index contributed by atoms with van der Waals surface area (Å²) in [6.07, 6.45) is 0. The van der Waals surface area contributed by atoms with E-state index in [1.54, 1.807) is 12.1 Å². The third-order valence-electron chi connectivity index (χ3n) is 2.87. The van der Waals surface area contributed by atoms with Crippen LogP contribution in [0.2, 0.25) is 5.02 Å². The van der Waals surface area contributed by atoms with E-state index >= 15 is 0 Å². The lowest BCUT2D eigenvalue weighted by atomic mass is 10.1. The van der Waals surface area contributed by atoms with Crippen LogP contribution in [-0.4, -0.2) is 7.11 Å². The Balaban J connectivity index is 2.13. The molecule has 0 amide bonds. The monoisotopic (exact) mass is 287 g/mol. The molecule has 0 heterocycles. The van der Waals surface area contributed by atoms with Crippen LogP contribution < -0.4 is 9.47 Å². The number of hydrogen-bond donors (Lipinski definition) is 0. The van der Waals surface area contributed by atoms with Gasteiger partial charge in [0.1, 0.15) is 24.2 Å². The fraction of sp³-hybridized carbons (Fsp3) is 0.188. The highest BCUT2D eigenvalue weighted by Crippen LogP contribution is 2.27. The second kappa shape index (κ2) is 6.31. The highest BCUT2D eigenvalue weighted by atomic mass is 35.5. The molecule has 2 aromatic rings. The Labute approximate surface area is 123 Å². The molecule has 0 fully saturated rings. The zero-order chi connectivity index (χ0) is 14.5. The number of benzene rings is 2. The minimum absolute atomic E-state index is 0.366. The van der Waals surface area contributed by atoms with E-state index < -0.39 is 0 Å². The number of nitriles is 1. The summed E-state index contributed by atoms with van der Waals surface area (Å²) in [6, 6.07) is 13.1. The summed E-state index contributed by atoms with van der Waals surface area (Å²) in [5.41, 5.74) is 2.50. The number of ether oxygens (including phenoxy) is 2. The maximum absolute atomic E-state index is 8.93. The summed E-state index contributed by atoms with van der Waals surface area (Å²) >= 11 is 6.11. The largest absolute Gasteiger partial charge is 0.495 e.